The Hall–Kier alpha value is -2.93. The van der Waals surface area contributed by atoms with Crippen LogP contribution in [0.3, 0.4) is 0 Å². The molecule has 0 spiro atoms. The maximum Gasteiger partial charge on any atom is 2.00 e. The Kier molecular flexibility index (Phi) is 9.47. The van der Waals surface area contributed by atoms with Crippen LogP contribution in [-0.4, -0.2) is 34.7 Å². The minimum atomic E-state index is 0. The number of rotatable bonds is 10. The minimum absolute atomic E-state index is 0. The average molecular weight is 475 g/mol. The third-order valence-electron chi connectivity index (χ3n) is 4.77. The molecule has 0 unspecified atom stereocenters. The number of ether oxygens (including phenoxy) is 2. The van der Waals surface area contributed by atoms with Crippen molar-refractivity contribution < 1.29 is 45.2 Å². The van der Waals surface area contributed by atoms with Gasteiger partial charge in [0.15, 0.2) is 0 Å². The van der Waals surface area contributed by atoms with Gasteiger partial charge in [0.2, 0.25) is 0 Å². The summed E-state index contributed by atoms with van der Waals surface area (Å²) in [6.07, 6.45) is 5.30. The van der Waals surface area contributed by atoms with Gasteiger partial charge in [-0.1, -0.05) is 24.6 Å². The quantitative estimate of drug-likeness (QED) is 0.199. The molecule has 2 aromatic carbocycles. The van der Waals surface area contributed by atoms with E-state index in [4.69, 9.17) is 18.5 Å². The van der Waals surface area contributed by atoms with E-state index in [1.165, 1.54) is 0 Å². The van der Waals surface area contributed by atoms with Crippen LogP contribution in [0.5, 0.6) is 23.0 Å². The van der Waals surface area contributed by atoms with Gasteiger partial charge in [-0.2, -0.15) is 0 Å². The minimum Gasteiger partial charge on any atom is -0.569 e. The van der Waals surface area contributed by atoms with Crippen LogP contribution < -0.4 is 9.47 Å². The van der Waals surface area contributed by atoms with E-state index in [0.29, 0.717) is 11.5 Å². The van der Waals surface area contributed by atoms with Crippen molar-refractivity contribution in [3.8, 4) is 23.0 Å². The van der Waals surface area contributed by atoms with Gasteiger partial charge in [0.05, 0.1) is 14.2 Å². The summed E-state index contributed by atoms with van der Waals surface area (Å²) in [5, 5.41) is 24.6. The first-order valence-corrected chi connectivity index (χ1v) is 9.88. The first kappa shape index (κ1) is 24.3. The number of benzene rings is 2. The van der Waals surface area contributed by atoms with Crippen molar-refractivity contribution in [1.82, 2.24) is 10.3 Å². The summed E-state index contributed by atoms with van der Waals surface area (Å²) in [4.78, 5) is 0. The molecule has 0 radical (unpaired) electrons. The molecule has 0 aliphatic carbocycles. The molecule has 0 aliphatic rings. The molecule has 0 aliphatic heterocycles. The number of H-pyrrole nitrogens is 2. The molecule has 0 bridgehead atoms. The summed E-state index contributed by atoms with van der Waals surface area (Å²) >= 11 is 0. The van der Waals surface area contributed by atoms with Crippen molar-refractivity contribution in [2.75, 3.05) is 14.2 Å². The Morgan fingerprint density at radius 3 is 1.48 bits per heavy atom. The van der Waals surface area contributed by atoms with Crippen molar-refractivity contribution >= 4 is 0 Å². The van der Waals surface area contributed by atoms with Gasteiger partial charge in [0.25, 0.3) is 0 Å². The Morgan fingerprint density at radius 2 is 1.16 bits per heavy atom. The molecule has 0 saturated heterocycles. The number of methoxy groups -OCH3 is 2. The molecule has 8 nitrogen and oxygen atoms in total. The van der Waals surface area contributed by atoms with E-state index in [-0.39, 0.29) is 16.5 Å². The number of aromatic hydroxyl groups is 2. The first-order valence-electron chi connectivity index (χ1n) is 9.88. The van der Waals surface area contributed by atoms with Gasteiger partial charge in [-0.15, -0.1) is 12.8 Å². The number of aromatic nitrogens is 2. The molecule has 2 heterocycles. The number of phenolic OH excluding ortho intramolecular Hbond substituents is 2. The molecule has 2 aromatic heterocycles. The van der Waals surface area contributed by atoms with Gasteiger partial charge in [-0.05, 0) is 60.4 Å². The molecule has 4 rings (SSSR count). The van der Waals surface area contributed by atoms with E-state index >= 15 is 0 Å². The monoisotopic (exact) mass is 474 g/mol. The topological polar surface area (TPSA) is 117 Å². The van der Waals surface area contributed by atoms with Crippen LogP contribution in [0.4, 0.5) is 0 Å². The number of hydrogen-bond donors (Lipinski definition) is 4. The van der Waals surface area contributed by atoms with Gasteiger partial charge in [0.1, 0.15) is 23.0 Å². The van der Waals surface area contributed by atoms with E-state index < -0.39 is 0 Å². The van der Waals surface area contributed by atoms with Crippen LogP contribution in [0.2, 0.25) is 0 Å². The summed E-state index contributed by atoms with van der Waals surface area (Å²) in [7, 11) is 3.24. The average Bonchev–Trinajstić information content (AvgIpc) is 3.67. The Morgan fingerprint density at radius 1 is 0.774 bits per heavy atom. The van der Waals surface area contributed by atoms with Crippen molar-refractivity contribution in [2.45, 2.75) is 38.5 Å². The van der Waals surface area contributed by atoms with E-state index in [1.807, 2.05) is 12.1 Å². The van der Waals surface area contributed by atoms with E-state index in [2.05, 4.69) is 10.3 Å². The SMILES string of the molecule is COc1ccc(O)c(CCC[c-]2[nH]o2)c1.COc1ccc(O)c(CCC[c-]2[nH]o2)c1.[Ni+2]. The number of aryl methyl sites for hydroxylation is 4. The van der Waals surface area contributed by atoms with Gasteiger partial charge in [-0.25, -0.2) is 0 Å². The summed E-state index contributed by atoms with van der Waals surface area (Å²) in [6, 6.07) is 10.5. The third-order valence-corrected chi connectivity index (χ3v) is 4.77. The van der Waals surface area contributed by atoms with Crippen molar-refractivity contribution in [3.05, 3.63) is 59.3 Å². The fraction of sp³-hybridized carbons (Fsp3) is 0.364. The molecule has 172 valence electrons. The van der Waals surface area contributed by atoms with Crippen LogP contribution in [0.1, 0.15) is 35.7 Å². The fourth-order valence-electron chi connectivity index (χ4n) is 2.93. The number of hydrogen-bond acceptors (Lipinski definition) is 6. The smallest absolute Gasteiger partial charge is 0.569 e. The number of phenols is 2. The number of nitrogens with one attached hydrogen (secondary N) is 2. The second kappa shape index (κ2) is 12.1. The second-order valence-corrected chi connectivity index (χ2v) is 6.95. The predicted molar refractivity (Wildman–Crippen MR) is 111 cm³/mol. The molecule has 4 N–H and O–H groups in total. The zero-order valence-electron chi connectivity index (χ0n) is 17.6. The van der Waals surface area contributed by atoms with Gasteiger partial charge in [-0.3, -0.25) is 0 Å². The molecular weight excluding hydrogens is 447 g/mol. The molecule has 0 saturated carbocycles. The largest absolute Gasteiger partial charge is 2.00 e. The molecule has 0 atom stereocenters. The molecule has 9 heteroatoms. The molecule has 31 heavy (non-hydrogen) atoms. The van der Waals surface area contributed by atoms with Crippen molar-refractivity contribution in [2.24, 2.45) is 0 Å². The Balaban J connectivity index is 0.000000213. The maximum atomic E-state index is 9.60. The van der Waals surface area contributed by atoms with E-state index in [0.717, 1.165) is 72.9 Å². The molecular formula is C22H28N2NiO6. The third kappa shape index (κ3) is 8.38. The number of aromatic amines is 2. The zero-order chi connectivity index (χ0) is 21.3. The molecule has 0 fully saturated rings. The molecule has 4 aromatic rings. The normalized spacial score (nSPS) is 10.4. The summed E-state index contributed by atoms with van der Waals surface area (Å²) in [6.45, 7) is 0. The summed E-state index contributed by atoms with van der Waals surface area (Å²) in [5.41, 5.74) is 1.83. The standard InChI is InChI=1S/2C11H14NO3.Ni/c2*1-14-9-5-6-10(13)8(7-9)3-2-4-11-12-15-11;/h2*5-7,12-13H,2-4H2,1H3;/q2*-1;+2. The molecule has 0 amide bonds. The van der Waals surface area contributed by atoms with Crippen molar-refractivity contribution in [3.63, 3.8) is 0 Å². The maximum absolute atomic E-state index is 9.60. The van der Waals surface area contributed by atoms with Crippen LogP contribution in [0.25, 0.3) is 0 Å². The van der Waals surface area contributed by atoms with Crippen LogP contribution in [0.15, 0.2) is 45.4 Å². The van der Waals surface area contributed by atoms with E-state index in [9.17, 15) is 10.2 Å². The first-order chi connectivity index (χ1) is 14.6. The summed E-state index contributed by atoms with van der Waals surface area (Å²) < 4.78 is 19.8. The van der Waals surface area contributed by atoms with Gasteiger partial charge >= 0.3 is 16.5 Å². The Labute approximate surface area is 190 Å². The van der Waals surface area contributed by atoms with Crippen LogP contribution in [0, 0.1) is 0 Å². The summed E-state index contributed by atoms with van der Waals surface area (Å²) in [5.74, 6) is 4.05. The van der Waals surface area contributed by atoms with Crippen molar-refractivity contribution in [1.29, 1.82) is 0 Å². The fourth-order valence-corrected chi connectivity index (χ4v) is 2.93. The van der Waals surface area contributed by atoms with Crippen LogP contribution >= 0.6 is 0 Å². The van der Waals surface area contributed by atoms with E-state index in [1.54, 1.807) is 38.5 Å². The zero-order valence-corrected chi connectivity index (χ0v) is 18.5. The second-order valence-electron chi connectivity index (χ2n) is 6.95. The predicted octanol–water partition coefficient (Wildman–Crippen LogP) is 4.43. The Bertz CT molecular complexity index is 890. The van der Waals surface area contributed by atoms with Gasteiger partial charge < -0.3 is 39.0 Å². The van der Waals surface area contributed by atoms with Crippen LogP contribution in [-0.2, 0) is 42.2 Å². The van der Waals surface area contributed by atoms with Gasteiger partial charge in [0, 0.05) is 0 Å².